The molecule has 0 saturated carbocycles. The Morgan fingerprint density at radius 1 is 1.00 bits per heavy atom. The van der Waals surface area contributed by atoms with Crippen molar-refractivity contribution in [1.29, 1.82) is 0 Å². The molecule has 1 saturated heterocycles. The molecule has 7 nitrogen and oxygen atoms in total. The fraction of sp³-hybridized carbons (Fsp3) is 0.281. The first-order valence-electron chi connectivity index (χ1n) is 13.4. The summed E-state index contributed by atoms with van der Waals surface area (Å²) in [6.07, 6.45) is 1.77. The van der Waals surface area contributed by atoms with Crippen molar-refractivity contribution in [2.75, 3.05) is 50.9 Å². The second-order valence-electron chi connectivity index (χ2n) is 10.1. The molecule has 0 radical (unpaired) electrons. The summed E-state index contributed by atoms with van der Waals surface area (Å²) < 4.78 is 13.9. The van der Waals surface area contributed by atoms with Crippen molar-refractivity contribution in [3.8, 4) is 11.8 Å². The van der Waals surface area contributed by atoms with Gasteiger partial charge in [-0.05, 0) is 67.1 Å². The van der Waals surface area contributed by atoms with Gasteiger partial charge in [0, 0.05) is 73.7 Å². The number of alkyl halides is 1. The van der Waals surface area contributed by atoms with Crippen molar-refractivity contribution in [3.05, 3.63) is 94.2 Å². The third-order valence-electron chi connectivity index (χ3n) is 7.25. The number of piperazine rings is 1. The number of amides is 1. The molecule has 0 aliphatic carbocycles. The first-order chi connectivity index (χ1) is 19.4. The number of carbonyl (C=O) groups is 1. The summed E-state index contributed by atoms with van der Waals surface area (Å²) in [6, 6.07) is 16.8. The van der Waals surface area contributed by atoms with Gasteiger partial charge in [0.05, 0.1) is 5.52 Å². The van der Waals surface area contributed by atoms with E-state index in [9.17, 15) is 9.18 Å². The van der Waals surface area contributed by atoms with E-state index >= 15 is 0 Å². The molecular weight excluding hydrogens is 503 g/mol. The lowest BCUT2D eigenvalue weighted by molar-refractivity contribution is 0.102. The van der Waals surface area contributed by atoms with Crippen molar-refractivity contribution < 1.29 is 9.18 Å². The van der Waals surface area contributed by atoms with E-state index in [1.165, 1.54) is 0 Å². The fourth-order valence-corrected chi connectivity index (χ4v) is 4.69. The largest absolute Gasteiger partial charge is 0.357 e. The van der Waals surface area contributed by atoms with Gasteiger partial charge in [0.2, 0.25) is 5.95 Å². The minimum Gasteiger partial charge on any atom is -0.357 e. The highest BCUT2D eigenvalue weighted by atomic mass is 19.1. The molecule has 1 fully saturated rings. The summed E-state index contributed by atoms with van der Waals surface area (Å²) in [5.74, 6) is 6.69. The SMILES string of the molecule is CNc1ncc2ccc(C#Cc3cc(C(=O)Nc4ccc(CN5CCN(C)CC5)c(CF)c4)ccc3C)cc2n1. The van der Waals surface area contributed by atoms with Crippen LogP contribution in [0.5, 0.6) is 0 Å². The standard InChI is InChI=1S/C32H33FN6O/c1-22-4-7-25(17-24(22)8-5-23-6-9-26-20-35-32(34-2)37-30(26)16-23)31(40)36-29-11-10-27(28(18-29)19-33)21-39-14-12-38(3)13-15-39/h4,6-7,9-11,16-18,20H,12-15,19,21H2,1-3H3,(H,36,40)(H,34,35,37). The Bertz CT molecular complexity index is 1600. The molecule has 204 valence electrons. The van der Waals surface area contributed by atoms with Gasteiger partial charge < -0.3 is 15.5 Å². The maximum absolute atomic E-state index is 13.9. The quantitative estimate of drug-likeness (QED) is 0.344. The van der Waals surface area contributed by atoms with Crippen LogP contribution in [0.4, 0.5) is 16.0 Å². The lowest BCUT2D eigenvalue weighted by Gasteiger charge is -2.32. The number of benzene rings is 3. The van der Waals surface area contributed by atoms with Crippen LogP contribution in [0.2, 0.25) is 0 Å². The summed E-state index contributed by atoms with van der Waals surface area (Å²) in [4.78, 5) is 26.5. The number of fused-ring (bicyclic) bond motifs is 1. The Morgan fingerprint density at radius 3 is 2.60 bits per heavy atom. The number of aromatic nitrogens is 2. The molecule has 0 unspecified atom stereocenters. The van der Waals surface area contributed by atoms with Gasteiger partial charge in [-0.25, -0.2) is 14.4 Å². The van der Waals surface area contributed by atoms with Crippen LogP contribution < -0.4 is 10.6 Å². The number of nitrogens with zero attached hydrogens (tertiary/aromatic N) is 4. The maximum Gasteiger partial charge on any atom is 0.255 e. The van der Waals surface area contributed by atoms with E-state index in [-0.39, 0.29) is 5.91 Å². The third-order valence-corrected chi connectivity index (χ3v) is 7.25. The van der Waals surface area contributed by atoms with Gasteiger partial charge in [0.15, 0.2) is 0 Å². The van der Waals surface area contributed by atoms with E-state index in [4.69, 9.17) is 0 Å². The number of rotatable bonds is 6. The zero-order chi connectivity index (χ0) is 28.1. The van der Waals surface area contributed by atoms with Gasteiger partial charge in [0.25, 0.3) is 5.91 Å². The molecule has 0 spiro atoms. The first kappa shape index (κ1) is 27.3. The smallest absolute Gasteiger partial charge is 0.255 e. The zero-order valence-electron chi connectivity index (χ0n) is 23.1. The van der Waals surface area contributed by atoms with Crippen molar-refractivity contribution >= 4 is 28.4 Å². The number of anilines is 2. The summed E-state index contributed by atoms with van der Waals surface area (Å²) in [6.45, 7) is 6.05. The number of aryl methyl sites for hydroxylation is 1. The van der Waals surface area contributed by atoms with E-state index in [1.54, 1.807) is 31.4 Å². The molecular formula is C32H33FN6O. The fourth-order valence-electron chi connectivity index (χ4n) is 4.69. The van der Waals surface area contributed by atoms with E-state index in [0.29, 0.717) is 29.3 Å². The van der Waals surface area contributed by atoms with E-state index < -0.39 is 6.67 Å². The van der Waals surface area contributed by atoms with Gasteiger partial charge >= 0.3 is 0 Å². The minimum atomic E-state index is -0.575. The monoisotopic (exact) mass is 536 g/mol. The van der Waals surface area contributed by atoms with Gasteiger partial charge in [-0.1, -0.05) is 30.0 Å². The summed E-state index contributed by atoms with van der Waals surface area (Å²) in [5.41, 5.74) is 5.98. The summed E-state index contributed by atoms with van der Waals surface area (Å²) in [5, 5.41) is 6.81. The van der Waals surface area contributed by atoms with Crippen LogP contribution in [0, 0.1) is 18.8 Å². The lowest BCUT2D eigenvalue weighted by atomic mass is 10.0. The highest BCUT2D eigenvalue weighted by Gasteiger charge is 2.16. The number of hydrogen-bond acceptors (Lipinski definition) is 6. The second-order valence-corrected chi connectivity index (χ2v) is 10.1. The molecule has 0 atom stereocenters. The molecule has 2 heterocycles. The van der Waals surface area contributed by atoms with Crippen molar-refractivity contribution in [3.63, 3.8) is 0 Å². The van der Waals surface area contributed by atoms with Crippen LogP contribution in [0.1, 0.15) is 38.2 Å². The van der Waals surface area contributed by atoms with Crippen molar-refractivity contribution in [2.24, 2.45) is 0 Å². The van der Waals surface area contributed by atoms with Crippen LogP contribution >= 0.6 is 0 Å². The number of likely N-dealkylation sites (N-methyl/N-ethyl adjacent to an activating group) is 1. The number of carbonyl (C=O) groups excluding carboxylic acids is 1. The molecule has 4 aromatic rings. The first-order valence-corrected chi connectivity index (χ1v) is 13.4. The van der Waals surface area contributed by atoms with Crippen molar-refractivity contribution in [1.82, 2.24) is 19.8 Å². The highest BCUT2D eigenvalue weighted by Crippen LogP contribution is 2.21. The number of halogens is 1. The van der Waals surface area contributed by atoms with Crippen LogP contribution in [-0.2, 0) is 13.2 Å². The molecule has 1 aliphatic rings. The van der Waals surface area contributed by atoms with E-state index in [0.717, 1.165) is 59.3 Å². The topological polar surface area (TPSA) is 73.4 Å². The maximum atomic E-state index is 13.9. The summed E-state index contributed by atoms with van der Waals surface area (Å²) in [7, 11) is 3.90. The Kier molecular flexibility index (Phi) is 8.34. The highest BCUT2D eigenvalue weighted by molar-refractivity contribution is 6.04. The van der Waals surface area contributed by atoms with Gasteiger partial charge in [-0.2, -0.15) is 0 Å². The molecule has 1 amide bonds. The Labute approximate surface area is 234 Å². The zero-order valence-corrected chi connectivity index (χ0v) is 23.1. The Hall–Kier alpha value is -4.32. The summed E-state index contributed by atoms with van der Waals surface area (Å²) >= 11 is 0. The number of nitrogens with one attached hydrogen (secondary N) is 2. The molecule has 8 heteroatoms. The normalized spacial score (nSPS) is 14.0. The molecule has 40 heavy (non-hydrogen) atoms. The van der Waals surface area contributed by atoms with Crippen LogP contribution in [0.15, 0.2) is 60.8 Å². The van der Waals surface area contributed by atoms with Gasteiger partial charge in [-0.3, -0.25) is 9.69 Å². The number of hydrogen-bond donors (Lipinski definition) is 2. The molecule has 3 aromatic carbocycles. The Balaban J connectivity index is 1.30. The van der Waals surface area contributed by atoms with Gasteiger partial charge in [-0.15, -0.1) is 0 Å². The average molecular weight is 537 g/mol. The molecule has 1 aliphatic heterocycles. The second kappa shape index (κ2) is 12.2. The van der Waals surface area contributed by atoms with Crippen LogP contribution in [-0.4, -0.2) is 65.9 Å². The van der Waals surface area contributed by atoms with Crippen LogP contribution in [0.25, 0.3) is 10.9 Å². The predicted octanol–water partition coefficient (Wildman–Crippen LogP) is 4.85. The van der Waals surface area contributed by atoms with Crippen molar-refractivity contribution in [2.45, 2.75) is 20.1 Å². The predicted molar refractivity (Wildman–Crippen MR) is 158 cm³/mol. The lowest BCUT2D eigenvalue weighted by Crippen LogP contribution is -2.44. The third kappa shape index (κ3) is 6.45. The van der Waals surface area contributed by atoms with E-state index in [1.807, 2.05) is 43.3 Å². The average Bonchev–Trinajstić information content (AvgIpc) is 2.98. The minimum absolute atomic E-state index is 0.262. The van der Waals surface area contributed by atoms with Crippen LogP contribution in [0.3, 0.4) is 0 Å². The molecule has 2 N–H and O–H groups in total. The Morgan fingerprint density at radius 2 is 1.82 bits per heavy atom. The molecule has 5 rings (SSSR count). The van der Waals surface area contributed by atoms with E-state index in [2.05, 4.69) is 49.3 Å². The molecule has 0 bridgehead atoms. The molecule has 1 aromatic heterocycles. The van der Waals surface area contributed by atoms with Gasteiger partial charge in [0.1, 0.15) is 6.67 Å².